The van der Waals surface area contributed by atoms with Crippen molar-refractivity contribution >= 4 is 11.9 Å². The molecule has 0 spiro atoms. The summed E-state index contributed by atoms with van der Waals surface area (Å²) in [4.78, 5) is 25.5. The summed E-state index contributed by atoms with van der Waals surface area (Å²) in [7, 11) is 1.37. The van der Waals surface area contributed by atoms with E-state index in [1.165, 1.54) is 18.2 Å². The lowest BCUT2D eigenvalue weighted by Crippen LogP contribution is -2.36. The molecule has 4 nitrogen and oxygen atoms in total. The second-order valence-corrected chi connectivity index (χ2v) is 6.40. The Morgan fingerprint density at radius 3 is 2.35 bits per heavy atom. The summed E-state index contributed by atoms with van der Waals surface area (Å²) in [6.07, 6.45) is 2.50. The van der Waals surface area contributed by atoms with E-state index in [4.69, 9.17) is 0 Å². The Balaban J connectivity index is 2.45. The third-order valence-electron chi connectivity index (χ3n) is 3.73. The molecule has 1 aromatic rings. The van der Waals surface area contributed by atoms with Crippen LogP contribution >= 0.6 is 0 Å². The average Bonchev–Trinajstić information content (AvgIpc) is 2.52. The number of hydrogen-bond donors (Lipinski definition) is 0. The number of carbonyl (C=O) groups is 2. The van der Waals surface area contributed by atoms with Gasteiger partial charge in [-0.15, -0.1) is 0 Å². The number of carbonyl (C=O) groups excluding carboxylic acids is 2. The Kier molecular flexibility index (Phi) is 8.38. The van der Waals surface area contributed by atoms with E-state index in [1.54, 1.807) is 4.90 Å². The fourth-order valence-corrected chi connectivity index (χ4v) is 2.44. The number of esters is 1. The molecule has 0 aliphatic carbocycles. The summed E-state index contributed by atoms with van der Waals surface area (Å²) in [5.74, 6) is 0.231. The number of benzene rings is 1. The zero-order valence-corrected chi connectivity index (χ0v) is 14.8. The summed E-state index contributed by atoms with van der Waals surface area (Å²) < 4.78 is 4.66. The van der Waals surface area contributed by atoms with Gasteiger partial charge in [0.15, 0.2) is 0 Å². The Labute approximate surface area is 139 Å². The fourth-order valence-electron chi connectivity index (χ4n) is 2.44. The second-order valence-electron chi connectivity index (χ2n) is 6.40. The van der Waals surface area contributed by atoms with E-state index in [9.17, 15) is 9.59 Å². The van der Waals surface area contributed by atoms with E-state index in [0.29, 0.717) is 25.4 Å². The van der Waals surface area contributed by atoms with Crippen molar-refractivity contribution in [2.75, 3.05) is 20.2 Å². The van der Waals surface area contributed by atoms with Gasteiger partial charge in [0.05, 0.1) is 13.5 Å². The molecule has 0 aliphatic heterocycles. The van der Waals surface area contributed by atoms with Crippen LogP contribution in [0.4, 0.5) is 0 Å². The highest BCUT2D eigenvalue weighted by Crippen LogP contribution is 2.10. The topological polar surface area (TPSA) is 46.6 Å². The van der Waals surface area contributed by atoms with Crippen LogP contribution in [0.25, 0.3) is 0 Å². The zero-order chi connectivity index (χ0) is 17.2. The molecule has 0 radical (unpaired) electrons. The number of methoxy groups -OCH3 is 1. The number of amides is 1. The normalized spacial score (nSPS) is 10.7. The molecule has 0 aromatic heterocycles. The van der Waals surface area contributed by atoms with Gasteiger partial charge in [0.25, 0.3) is 0 Å². The van der Waals surface area contributed by atoms with Crippen LogP contribution in [0.2, 0.25) is 0 Å². The lowest BCUT2D eigenvalue weighted by molar-refractivity contribution is -0.141. The van der Waals surface area contributed by atoms with Crippen molar-refractivity contribution in [3.8, 4) is 0 Å². The predicted molar refractivity (Wildman–Crippen MR) is 92.2 cm³/mol. The Hall–Kier alpha value is -1.84. The monoisotopic (exact) mass is 319 g/mol. The van der Waals surface area contributed by atoms with Crippen molar-refractivity contribution in [3.05, 3.63) is 35.4 Å². The molecule has 0 unspecified atom stereocenters. The van der Waals surface area contributed by atoms with Gasteiger partial charge in [0.1, 0.15) is 0 Å². The Bertz CT molecular complexity index is 494. The lowest BCUT2D eigenvalue weighted by atomic mass is 10.1. The minimum absolute atomic E-state index is 0.120. The molecule has 1 rings (SSSR count). The molecular weight excluding hydrogens is 290 g/mol. The quantitative estimate of drug-likeness (QED) is 0.656. The van der Waals surface area contributed by atoms with Crippen LogP contribution < -0.4 is 0 Å². The molecule has 0 saturated heterocycles. The van der Waals surface area contributed by atoms with Gasteiger partial charge in [0, 0.05) is 19.5 Å². The predicted octanol–water partition coefficient (Wildman–Crippen LogP) is 3.37. The maximum absolute atomic E-state index is 12.4. The largest absolute Gasteiger partial charge is 0.469 e. The molecule has 128 valence electrons. The first-order valence-electron chi connectivity index (χ1n) is 8.32. The van der Waals surface area contributed by atoms with Crippen LogP contribution in [-0.2, 0) is 20.7 Å². The summed E-state index contributed by atoms with van der Waals surface area (Å²) >= 11 is 0. The lowest BCUT2D eigenvalue weighted by Gasteiger charge is -2.24. The van der Waals surface area contributed by atoms with Crippen LogP contribution in [0.1, 0.15) is 44.2 Å². The van der Waals surface area contributed by atoms with Gasteiger partial charge in [-0.2, -0.15) is 0 Å². The highest BCUT2D eigenvalue weighted by Gasteiger charge is 2.16. The number of ether oxygens (including phenoxy) is 1. The van der Waals surface area contributed by atoms with Crippen LogP contribution in [-0.4, -0.2) is 37.0 Å². The summed E-state index contributed by atoms with van der Waals surface area (Å²) in [5, 5.41) is 0. The third kappa shape index (κ3) is 7.82. The molecule has 4 heteroatoms. The molecule has 0 fully saturated rings. The van der Waals surface area contributed by atoms with Gasteiger partial charge in [-0.1, -0.05) is 43.7 Å². The SMILES string of the molecule is COC(=O)CCN(CC(C)C)C(=O)CCCc1ccc(C)cc1. The highest BCUT2D eigenvalue weighted by molar-refractivity contribution is 5.77. The second kappa shape index (κ2) is 10.0. The van der Waals surface area contributed by atoms with E-state index in [2.05, 4.69) is 49.8 Å². The van der Waals surface area contributed by atoms with Crippen LogP contribution in [0.15, 0.2) is 24.3 Å². The molecular formula is C19H29NO3. The maximum Gasteiger partial charge on any atom is 0.307 e. The van der Waals surface area contributed by atoms with E-state index in [1.807, 2.05) is 0 Å². The summed E-state index contributed by atoms with van der Waals surface area (Å²) in [6.45, 7) is 7.34. The first kappa shape index (κ1) is 19.2. The number of hydrogen-bond acceptors (Lipinski definition) is 3. The van der Waals surface area contributed by atoms with E-state index >= 15 is 0 Å². The minimum atomic E-state index is -0.272. The van der Waals surface area contributed by atoms with Crippen molar-refractivity contribution in [2.45, 2.75) is 46.5 Å². The molecule has 1 aromatic carbocycles. The van der Waals surface area contributed by atoms with Gasteiger partial charge in [-0.3, -0.25) is 9.59 Å². The maximum atomic E-state index is 12.4. The standard InChI is InChI=1S/C19H29NO3/c1-15(2)14-20(13-12-19(22)23-4)18(21)7-5-6-17-10-8-16(3)9-11-17/h8-11,15H,5-7,12-14H2,1-4H3. The first-order chi connectivity index (χ1) is 10.9. The van der Waals surface area contributed by atoms with E-state index < -0.39 is 0 Å². The average molecular weight is 319 g/mol. The van der Waals surface area contributed by atoms with Crippen molar-refractivity contribution < 1.29 is 14.3 Å². The Morgan fingerprint density at radius 2 is 1.78 bits per heavy atom. The third-order valence-corrected chi connectivity index (χ3v) is 3.73. The van der Waals surface area contributed by atoms with Crippen LogP contribution in [0.3, 0.4) is 0 Å². The molecule has 0 saturated carbocycles. The van der Waals surface area contributed by atoms with Gasteiger partial charge >= 0.3 is 5.97 Å². The molecule has 0 bridgehead atoms. The molecule has 0 aliphatic rings. The summed E-state index contributed by atoms with van der Waals surface area (Å²) in [5.41, 5.74) is 2.50. The van der Waals surface area contributed by atoms with Crippen LogP contribution in [0.5, 0.6) is 0 Å². The highest BCUT2D eigenvalue weighted by atomic mass is 16.5. The Morgan fingerprint density at radius 1 is 1.13 bits per heavy atom. The van der Waals surface area contributed by atoms with Gasteiger partial charge in [-0.25, -0.2) is 0 Å². The number of rotatable bonds is 9. The zero-order valence-electron chi connectivity index (χ0n) is 14.8. The molecule has 0 atom stereocenters. The fraction of sp³-hybridized carbons (Fsp3) is 0.579. The van der Waals surface area contributed by atoms with Crippen molar-refractivity contribution in [2.24, 2.45) is 5.92 Å². The first-order valence-corrected chi connectivity index (χ1v) is 8.32. The minimum Gasteiger partial charge on any atom is -0.469 e. The van der Waals surface area contributed by atoms with Crippen molar-refractivity contribution in [3.63, 3.8) is 0 Å². The van der Waals surface area contributed by atoms with Gasteiger partial charge < -0.3 is 9.64 Å². The van der Waals surface area contributed by atoms with Crippen LogP contribution in [0, 0.1) is 12.8 Å². The van der Waals surface area contributed by atoms with E-state index in [-0.39, 0.29) is 18.3 Å². The molecule has 0 N–H and O–H groups in total. The van der Waals surface area contributed by atoms with E-state index in [0.717, 1.165) is 12.8 Å². The van der Waals surface area contributed by atoms with Crippen molar-refractivity contribution in [1.29, 1.82) is 0 Å². The number of aryl methyl sites for hydroxylation is 2. The number of nitrogens with zero attached hydrogens (tertiary/aromatic N) is 1. The van der Waals surface area contributed by atoms with Gasteiger partial charge in [-0.05, 0) is 31.2 Å². The molecule has 1 amide bonds. The smallest absolute Gasteiger partial charge is 0.307 e. The molecule has 0 heterocycles. The summed E-state index contributed by atoms with van der Waals surface area (Å²) in [6, 6.07) is 8.42. The van der Waals surface area contributed by atoms with Gasteiger partial charge in [0.2, 0.25) is 5.91 Å². The van der Waals surface area contributed by atoms with Crippen molar-refractivity contribution in [1.82, 2.24) is 4.90 Å². The molecule has 23 heavy (non-hydrogen) atoms.